The van der Waals surface area contributed by atoms with E-state index >= 15 is 0 Å². The summed E-state index contributed by atoms with van der Waals surface area (Å²) in [4.78, 5) is 0. The fourth-order valence-electron chi connectivity index (χ4n) is 3.73. The summed E-state index contributed by atoms with van der Waals surface area (Å²) in [5.74, 6) is -0.203. The van der Waals surface area contributed by atoms with Gasteiger partial charge in [0.05, 0.1) is 12.2 Å². The smallest absolute Gasteiger partial charge is 0.240 e. The lowest BCUT2D eigenvalue weighted by Crippen LogP contribution is -2.25. The fraction of sp³-hybridized carbons (Fsp3) is 0.261. The Morgan fingerprint density at radius 1 is 1.00 bits per heavy atom. The first-order chi connectivity index (χ1) is 15.4. The highest BCUT2D eigenvalue weighted by Crippen LogP contribution is 2.41. The number of halogens is 2. The van der Waals surface area contributed by atoms with Gasteiger partial charge in [-0.2, -0.15) is 4.52 Å². The monoisotopic (exact) mass is 470 g/mol. The molecule has 0 aliphatic carbocycles. The number of hydrogen-bond acceptors (Lipinski definition) is 6. The molecule has 2 aromatic carbocycles. The molecular formula is C23H20Cl2N4O3. The first-order valence-electron chi connectivity index (χ1n) is 10.1. The number of ether oxygens (including phenoxy) is 3. The molecule has 0 spiro atoms. The molecule has 4 aromatic rings. The molecule has 1 aliphatic rings. The van der Waals surface area contributed by atoms with Crippen molar-refractivity contribution in [3.05, 3.63) is 64.9 Å². The molecule has 1 aliphatic heterocycles. The van der Waals surface area contributed by atoms with Crippen molar-refractivity contribution in [1.82, 2.24) is 19.8 Å². The summed E-state index contributed by atoms with van der Waals surface area (Å²) in [6.07, 6.45) is 1.34. The van der Waals surface area contributed by atoms with Gasteiger partial charge in [-0.25, -0.2) is 0 Å². The molecule has 3 heterocycles. The Morgan fingerprint density at radius 2 is 1.62 bits per heavy atom. The molecular weight excluding hydrogens is 451 g/mol. The Morgan fingerprint density at radius 3 is 2.22 bits per heavy atom. The molecule has 0 bridgehead atoms. The predicted molar refractivity (Wildman–Crippen MR) is 122 cm³/mol. The number of rotatable bonds is 5. The van der Waals surface area contributed by atoms with Crippen LogP contribution in [0.15, 0.2) is 54.9 Å². The minimum Gasteiger partial charge on any atom is -0.473 e. The van der Waals surface area contributed by atoms with Gasteiger partial charge in [-0.3, -0.25) is 0 Å². The lowest BCUT2D eigenvalue weighted by Gasteiger charge is -2.19. The summed E-state index contributed by atoms with van der Waals surface area (Å²) in [6, 6.07) is 15.1. The lowest BCUT2D eigenvalue weighted by molar-refractivity contribution is -0.141. The summed E-state index contributed by atoms with van der Waals surface area (Å²) in [5, 5.41) is 14.3. The van der Waals surface area contributed by atoms with E-state index in [1.807, 2.05) is 62.4 Å². The van der Waals surface area contributed by atoms with Crippen molar-refractivity contribution >= 4 is 28.8 Å². The van der Waals surface area contributed by atoms with Crippen LogP contribution in [0.3, 0.4) is 0 Å². The van der Waals surface area contributed by atoms with E-state index in [2.05, 4.69) is 15.3 Å². The van der Waals surface area contributed by atoms with Crippen molar-refractivity contribution in [2.75, 3.05) is 13.2 Å². The third kappa shape index (κ3) is 4.17. The van der Waals surface area contributed by atoms with Crippen LogP contribution in [0.25, 0.3) is 27.9 Å². The van der Waals surface area contributed by atoms with E-state index in [9.17, 15) is 0 Å². The average molecular weight is 471 g/mol. The lowest BCUT2D eigenvalue weighted by atomic mass is 9.96. The SMILES string of the molecule is CC1(C)OCC(COc2nn3cnnc3c(-c3ccc(Cl)cc3)c2-c2ccc(Cl)cc2)O1. The van der Waals surface area contributed by atoms with E-state index in [1.165, 1.54) is 0 Å². The van der Waals surface area contributed by atoms with Gasteiger partial charge in [-0.15, -0.1) is 15.3 Å². The summed E-state index contributed by atoms with van der Waals surface area (Å²) in [6.45, 7) is 4.49. The molecule has 32 heavy (non-hydrogen) atoms. The Hall–Kier alpha value is -2.71. The molecule has 1 fully saturated rings. The molecule has 0 N–H and O–H groups in total. The topological polar surface area (TPSA) is 70.8 Å². The van der Waals surface area contributed by atoms with Crippen LogP contribution in [0, 0.1) is 0 Å². The second-order valence-electron chi connectivity index (χ2n) is 7.93. The van der Waals surface area contributed by atoms with Crippen molar-refractivity contribution in [2.24, 2.45) is 0 Å². The minimum atomic E-state index is -0.632. The van der Waals surface area contributed by atoms with E-state index in [4.69, 9.17) is 37.4 Å². The Balaban J connectivity index is 1.66. The van der Waals surface area contributed by atoms with Crippen molar-refractivity contribution in [3.8, 4) is 28.1 Å². The molecule has 9 heteroatoms. The summed E-state index contributed by atoms with van der Waals surface area (Å²) in [7, 11) is 0. The van der Waals surface area contributed by atoms with Gasteiger partial charge < -0.3 is 14.2 Å². The predicted octanol–water partition coefficient (Wildman–Crippen LogP) is 5.30. The van der Waals surface area contributed by atoms with Gasteiger partial charge in [0, 0.05) is 15.6 Å². The Labute approximate surface area is 194 Å². The standard InChI is InChI=1S/C23H20Cl2N4O3/c1-23(2)31-12-18(32-23)11-30-22-20(15-5-9-17(25)10-6-15)19(14-3-7-16(24)8-4-14)21-27-26-13-29(21)28-22/h3-10,13,18H,11-12H2,1-2H3. The Kier molecular flexibility index (Phi) is 5.51. The highest BCUT2D eigenvalue weighted by molar-refractivity contribution is 6.31. The van der Waals surface area contributed by atoms with Crippen molar-refractivity contribution in [2.45, 2.75) is 25.7 Å². The summed E-state index contributed by atoms with van der Waals surface area (Å²) in [5.41, 5.74) is 4.01. The second-order valence-corrected chi connectivity index (χ2v) is 8.80. The third-order valence-electron chi connectivity index (χ3n) is 5.16. The second kappa shape index (κ2) is 8.33. The molecule has 0 radical (unpaired) electrons. The number of hydrogen-bond donors (Lipinski definition) is 0. The highest BCUT2D eigenvalue weighted by Gasteiger charge is 2.33. The van der Waals surface area contributed by atoms with Crippen LogP contribution in [-0.2, 0) is 9.47 Å². The number of fused-ring (bicyclic) bond motifs is 1. The van der Waals surface area contributed by atoms with Crippen molar-refractivity contribution in [1.29, 1.82) is 0 Å². The van der Waals surface area contributed by atoms with Gasteiger partial charge >= 0.3 is 0 Å². The minimum absolute atomic E-state index is 0.208. The van der Waals surface area contributed by atoms with Gasteiger partial charge in [0.2, 0.25) is 5.88 Å². The van der Waals surface area contributed by atoms with Crippen LogP contribution >= 0.6 is 23.2 Å². The van der Waals surface area contributed by atoms with Gasteiger partial charge in [0.1, 0.15) is 19.0 Å². The van der Waals surface area contributed by atoms with Gasteiger partial charge in [0.25, 0.3) is 0 Å². The maximum absolute atomic E-state index is 6.21. The maximum Gasteiger partial charge on any atom is 0.240 e. The zero-order valence-corrected chi connectivity index (χ0v) is 19.0. The van der Waals surface area contributed by atoms with Crippen LogP contribution in [0.1, 0.15) is 13.8 Å². The normalized spacial score (nSPS) is 17.7. The molecule has 5 rings (SSSR count). The first-order valence-corrected chi connectivity index (χ1v) is 10.9. The fourth-order valence-corrected chi connectivity index (χ4v) is 3.98. The van der Waals surface area contributed by atoms with Crippen LogP contribution in [0.5, 0.6) is 5.88 Å². The molecule has 164 valence electrons. The molecule has 2 aromatic heterocycles. The molecule has 1 atom stereocenters. The van der Waals surface area contributed by atoms with E-state index < -0.39 is 5.79 Å². The van der Waals surface area contributed by atoms with Crippen LogP contribution < -0.4 is 4.74 Å². The Bertz CT molecular complexity index is 1260. The van der Waals surface area contributed by atoms with Crippen LogP contribution in [0.4, 0.5) is 0 Å². The summed E-state index contributed by atoms with van der Waals surface area (Å²) < 4.78 is 19.4. The molecule has 0 amide bonds. The quantitative estimate of drug-likeness (QED) is 0.394. The van der Waals surface area contributed by atoms with E-state index in [0.29, 0.717) is 28.2 Å². The first kappa shape index (κ1) is 21.2. The highest BCUT2D eigenvalue weighted by atomic mass is 35.5. The third-order valence-corrected chi connectivity index (χ3v) is 5.66. The van der Waals surface area contributed by atoms with E-state index in [-0.39, 0.29) is 12.7 Å². The average Bonchev–Trinajstić information content (AvgIpc) is 3.38. The van der Waals surface area contributed by atoms with Crippen molar-refractivity contribution < 1.29 is 14.2 Å². The van der Waals surface area contributed by atoms with Gasteiger partial charge in [-0.1, -0.05) is 47.5 Å². The largest absolute Gasteiger partial charge is 0.473 e. The molecule has 0 saturated carbocycles. The van der Waals surface area contributed by atoms with E-state index in [0.717, 1.165) is 22.3 Å². The zero-order valence-electron chi connectivity index (χ0n) is 17.5. The number of benzene rings is 2. The van der Waals surface area contributed by atoms with Crippen LogP contribution in [0.2, 0.25) is 10.0 Å². The van der Waals surface area contributed by atoms with E-state index in [1.54, 1.807) is 10.8 Å². The van der Waals surface area contributed by atoms with Crippen LogP contribution in [-0.4, -0.2) is 44.9 Å². The van der Waals surface area contributed by atoms with Gasteiger partial charge in [0.15, 0.2) is 11.4 Å². The molecule has 1 unspecified atom stereocenters. The number of nitrogens with zero attached hydrogens (tertiary/aromatic N) is 4. The number of aromatic nitrogens is 4. The van der Waals surface area contributed by atoms with Crippen molar-refractivity contribution in [3.63, 3.8) is 0 Å². The molecule has 1 saturated heterocycles. The molecule has 7 nitrogen and oxygen atoms in total. The maximum atomic E-state index is 6.21. The zero-order chi connectivity index (χ0) is 22.3. The summed E-state index contributed by atoms with van der Waals surface area (Å²) >= 11 is 12.3. The van der Waals surface area contributed by atoms with Gasteiger partial charge in [-0.05, 0) is 49.2 Å².